The third-order valence-corrected chi connectivity index (χ3v) is 7.73. The van der Waals surface area contributed by atoms with Crippen molar-refractivity contribution in [3.8, 4) is 0 Å². The Kier molecular flexibility index (Phi) is 10.4. The quantitative estimate of drug-likeness (QED) is 0.0986. The fourth-order valence-corrected chi connectivity index (χ4v) is 5.35. The van der Waals surface area contributed by atoms with Crippen LogP contribution in [-0.4, -0.2) is 69.6 Å². The molecule has 236 valence electrons. The summed E-state index contributed by atoms with van der Waals surface area (Å²) in [6, 6.07) is 23.4. The van der Waals surface area contributed by atoms with Gasteiger partial charge in [-0.25, -0.2) is 0 Å². The van der Waals surface area contributed by atoms with Crippen LogP contribution in [0, 0.1) is 5.41 Å². The van der Waals surface area contributed by atoms with Crippen LogP contribution in [0.3, 0.4) is 0 Å². The molecule has 0 unspecified atom stereocenters. The summed E-state index contributed by atoms with van der Waals surface area (Å²) in [7, 11) is 0. The van der Waals surface area contributed by atoms with Crippen LogP contribution in [0.4, 0.5) is 0 Å². The Bertz CT molecular complexity index is 1500. The SMILES string of the molecule is CC(=O)O[C@H]1[C@H](OCc2ccccc2)[C@@H](N2C(=O)c3ccccc3C2=O)[C@H](OC(=N)C(Cl)(Cl)Cl)O[C@@H]1COCc1ccccc1. The van der Waals surface area contributed by atoms with Crippen molar-refractivity contribution in [2.24, 2.45) is 0 Å². The molecule has 45 heavy (non-hydrogen) atoms. The minimum atomic E-state index is -2.30. The van der Waals surface area contributed by atoms with E-state index in [2.05, 4.69) is 0 Å². The third-order valence-electron chi connectivity index (χ3n) is 7.21. The number of nitrogens with one attached hydrogen (secondary N) is 1. The van der Waals surface area contributed by atoms with E-state index in [9.17, 15) is 14.4 Å². The summed E-state index contributed by atoms with van der Waals surface area (Å²) in [5, 5.41) is 8.30. The monoisotopic (exact) mass is 674 g/mol. The third kappa shape index (κ3) is 7.66. The Morgan fingerprint density at radius 2 is 1.36 bits per heavy atom. The average Bonchev–Trinajstić information content (AvgIpc) is 3.26. The zero-order valence-electron chi connectivity index (χ0n) is 23.9. The molecule has 0 aliphatic carbocycles. The van der Waals surface area contributed by atoms with Crippen LogP contribution in [0.25, 0.3) is 0 Å². The van der Waals surface area contributed by atoms with Crippen LogP contribution in [0.15, 0.2) is 84.9 Å². The first-order valence-electron chi connectivity index (χ1n) is 13.9. The lowest BCUT2D eigenvalue weighted by Crippen LogP contribution is -2.67. The minimum absolute atomic E-state index is 0.00481. The summed E-state index contributed by atoms with van der Waals surface area (Å²) in [6.07, 6.45) is -5.08. The molecule has 1 N–H and O–H groups in total. The van der Waals surface area contributed by atoms with E-state index in [1.807, 2.05) is 60.7 Å². The first-order valence-corrected chi connectivity index (χ1v) is 15.1. The van der Waals surface area contributed by atoms with Gasteiger partial charge in [0.25, 0.3) is 15.6 Å². The van der Waals surface area contributed by atoms with E-state index >= 15 is 0 Å². The van der Waals surface area contributed by atoms with E-state index in [1.54, 1.807) is 12.1 Å². The first-order chi connectivity index (χ1) is 21.5. The Hall–Kier alpha value is -3.51. The number of esters is 1. The predicted molar refractivity (Wildman–Crippen MR) is 165 cm³/mol. The molecule has 0 bridgehead atoms. The van der Waals surface area contributed by atoms with Gasteiger partial charge < -0.3 is 23.7 Å². The largest absolute Gasteiger partial charge is 0.457 e. The van der Waals surface area contributed by atoms with Gasteiger partial charge in [-0.1, -0.05) is 108 Å². The van der Waals surface area contributed by atoms with Gasteiger partial charge in [-0.15, -0.1) is 0 Å². The van der Waals surface area contributed by atoms with Gasteiger partial charge in [0.15, 0.2) is 6.10 Å². The normalized spacial score (nSPS) is 23.0. The Labute approximate surface area is 274 Å². The van der Waals surface area contributed by atoms with E-state index in [0.717, 1.165) is 16.0 Å². The lowest BCUT2D eigenvalue weighted by molar-refractivity contribution is -0.275. The number of halogens is 3. The lowest BCUT2D eigenvalue weighted by Gasteiger charge is -2.47. The highest BCUT2D eigenvalue weighted by Crippen LogP contribution is 2.37. The molecule has 0 spiro atoms. The average molecular weight is 676 g/mol. The molecule has 5 rings (SSSR count). The number of benzene rings is 3. The molecule has 5 atom stereocenters. The van der Waals surface area contributed by atoms with Crippen LogP contribution < -0.4 is 0 Å². The van der Waals surface area contributed by atoms with Crippen LogP contribution >= 0.6 is 34.8 Å². The molecule has 2 heterocycles. The minimum Gasteiger partial charge on any atom is -0.457 e. The number of rotatable bonds is 10. The summed E-state index contributed by atoms with van der Waals surface area (Å²) >= 11 is 17.9. The van der Waals surface area contributed by atoms with Crippen molar-refractivity contribution >= 4 is 58.5 Å². The number of fused-ring (bicyclic) bond motifs is 1. The van der Waals surface area contributed by atoms with Gasteiger partial charge in [-0.3, -0.25) is 24.7 Å². The summed E-state index contributed by atoms with van der Waals surface area (Å²) in [6.45, 7) is 1.28. The Morgan fingerprint density at radius 3 is 1.89 bits per heavy atom. The first kappa shape index (κ1) is 32.9. The Morgan fingerprint density at radius 1 is 0.822 bits per heavy atom. The van der Waals surface area contributed by atoms with Crippen molar-refractivity contribution < 1.29 is 38.1 Å². The summed E-state index contributed by atoms with van der Waals surface area (Å²) < 4.78 is 27.8. The molecule has 1 fully saturated rings. The molecule has 0 aromatic heterocycles. The van der Waals surface area contributed by atoms with Crippen LogP contribution in [-0.2, 0) is 41.7 Å². The van der Waals surface area contributed by atoms with Gasteiger partial charge in [0.2, 0.25) is 12.2 Å². The highest BCUT2D eigenvalue weighted by atomic mass is 35.6. The van der Waals surface area contributed by atoms with E-state index in [4.69, 9.17) is 63.9 Å². The number of ether oxygens (including phenoxy) is 5. The van der Waals surface area contributed by atoms with Crippen molar-refractivity contribution in [1.29, 1.82) is 5.41 Å². The van der Waals surface area contributed by atoms with Gasteiger partial charge in [0.1, 0.15) is 18.2 Å². The van der Waals surface area contributed by atoms with E-state index in [-0.39, 0.29) is 30.9 Å². The highest BCUT2D eigenvalue weighted by Gasteiger charge is 2.57. The molecule has 2 aliphatic heterocycles. The fourth-order valence-electron chi connectivity index (χ4n) is 5.21. The zero-order chi connectivity index (χ0) is 32.1. The number of imide groups is 1. The molecule has 0 radical (unpaired) electrons. The summed E-state index contributed by atoms with van der Waals surface area (Å²) in [5.74, 6) is -2.81. The number of hydrogen-bond donors (Lipinski definition) is 1. The second-order valence-electron chi connectivity index (χ2n) is 10.3. The summed E-state index contributed by atoms with van der Waals surface area (Å²) in [4.78, 5) is 40.9. The van der Waals surface area contributed by atoms with Crippen LogP contribution in [0.5, 0.6) is 0 Å². The second kappa shape index (κ2) is 14.3. The summed E-state index contributed by atoms with van der Waals surface area (Å²) in [5.41, 5.74) is 1.94. The topological polar surface area (TPSA) is 124 Å². The molecule has 3 aromatic carbocycles. The maximum absolute atomic E-state index is 13.8. The van der Waals surface area contributed by atoms with Gasteiger partial charge in [-0.05, 0) is 23.3 Å². The van der Waals surface area contributed by atoms with Gasteiger partial charge in [0.05, 0.1) is 30.9 Å². The van der Waals surface area contributed by atoms with Crippen molar-refractivity contribution in [2.45, 2.75) is 54.6 Å². The number of carbonyl (C=O) groups is 3. The van der Waals surface area contributed by atoms with Crippen molar-refractivity contribution in [3.05, 3.63) is 107 Å². The molecule has 13 heteroatoms. The van der Waals surface area contributed by atoms with Crippen molar-refractivity contribution in [1.82, 2.24) is 4.90 Å². The van der Waals surface area contributed by atoms with Crippen LogP contribution in [0.1, 0.15) is 38.8 Å². The molecule has 1 saturated heterocycles. The number of amides is 2. The number of nitrogens with zero attached hydrogens (tertiary/aromatic N) is 1. The predicted octanol–water partition coefficient (Wildman–Crippen LogP) is 5.47. The number of alkyl halides is 3. The second-order valence-corrected chi connectivity index (χ2v) is 12.6. The highest BCUT2D eigenvalue weighted by molar-refractivity contribution is 6.76. The number of hydrogen-bond acceptors (Lipinski definition) is 9. The van der Waals surface area contributed by atoms with Crippen molar-refractivity contribution in [2.75, 3.05) is 6.61 Å². The Balaban J connectivity index is 1.55. The molecule has 10 nitrogen and oxygen atoms in total. The lowest BCUT2D eigenvalue weighted by atomic mass is 9.94. The molecular weight excluding hydrogens is 647 g/mol. The molecule has 2 aliphatic rings. The van der Waals surface area contributed by atoms with E-state index in [0.29, 0.717) is 0 Å². The molecule has 0 saturated carbocycles. The smallest absolute Gasteiger partial charge is 0.303 e. The van der Waals surface area contributed by atoms with Gasteiger partial charge >= 0.3 is 5.97 Å². The number of carbonyl (C=O) groups excluding carboxylic acids is 3. The van der Waals surface area contributed by atoms with Crippen molar-refractivity contribution in [3.63, 3.8) is 0 Å². The molecule has 2 amide bonds. The maximum atomic E-state index is 13.8. The van der Waals surface area contributed by atoms with E-state index in [1.165, 1.54) is 19.1 Å². The van der Waals surface area contributed by atoms with Crippen LogP contribution in [0.2, 0.25) is 0 Å². The fraction of sp³-hybridized carbons (Fsp3) is 0.312. The van der Waals surface area contributed by atoms with Gasteiger partial charge in [0, 0.05) is 6.92 Å². The van der Waals surface area contributed by atoms with E-state index < -0.39 is 58.1 Å². The molecule has 3 aromatic rings. The van der Waals surface area contributed by atoms with Gasteiger partial charge in [-0.2, -0.15) is 0 Å². The molecular formula is C32H29Cl3N2O8. The standard InChI is InChI=1S/C32H29Cl3N2O8/c1-19(38)43-26-24(18-41-16-20-10-4-2-5-11-20)44-30(45-31(36)32(33,34)35)25(27(26)42-17-21-12-6-3-7-13-21)37-28(39)22-14-8-9-15-23(22)29(37)40/h2-15,24-27,30,36H,16-18H2,1H3/t24-,25-,26-,27-,30+/m1/s1. The maximum Gasteiger partial charge on any atom is 0.303 e. The zero-order valence-corrected chi connectivity index (χ0v) is 26.2.